The number of ether oxygens (including phenoxy) is 2. The summed E-state index contributed by atoms with van der Waals surface area (Å²) in [5.74, 6) is 1.71. The Kier molecular flexibility index (Phi) is 3.58. The Labute approximate surface area is 141 Å². The molecular formula is C22H18O2. The second-order valence-electron chi connectivity index (χ2n) is 5.76. The SMILES string of the molecule is COc1ccc2ccc(OC)c(-c3cccc4ccccc34)c2c1. The molecule has 0 radical (unpaired) electrons. The van der Waals surface area contributed by atoms with E-state index in [0.717, 1.165) is 22.4 Å². The third-order valence-corrected chi connectivity index (χ3v) is 4.47. The molecule has 0 aliphatic heterocycles. The third-order valence-electron chi connectivity index (χ3n) is 4.47. The lowest BCUT2D eigenvalue weighted by Crippen LogP contribution is -1.92. The van der Waals surface area contributed by atoms with E-state index in [1.54, 1.807) is 14.2 Å². The van der Waals surface area contributed by atoms with Crippen LogP contribution in [-0.4, -0.2) is 14.2 Å². The van der Waals surface area contributed by atoms with Gasteiger partial charge in [-0.25, -0.2) is 0 Å². The first-order valence-electron chi connectivity index (χ1n) is 7.94. The van der Waals surface area contributed by atoms with E-state index in [2.05, 4.69) is 60.7 Å². The van der Waals surface area contributed by atoms with E-state index in [1.807, 2.05) is 12.1 Å². The number of rotatable bonds is 3. The molecule has 24 heavy (non-hydrogen) atoms. The van der Waals surface area contributed by atoms with E-state index >= 15 is 0 Å². The van der Waals surface area contributed by atoms with Crippen LogP contribution in [0, 0.1) is 0 Å². The van der Waals surface area contributed by atoms with Gasteiger partial charge in [-0.1, -0.05) is 54.6 Å². The van der Waals surface area contributed by atoms with Gasteiger partial charge < -0.3 is 9.47 Å². The molecule has 0 unspecified atom stereocenters. The van der Waals surface area contributed by atoms with E-state index in [-0.39, 0.29) is 0 Å². The van der Waals surface area contributed by atoms with Crippen molar-refractivity contribution in [1.82, 2.24) is 0 Å². The fourth-order valence-corrected chi connectivity index (χ4v) is 3.30. The van der Waals surface area contributed by atoms with Gasteiger partial charge in [0, 0.05) is 5.56 Å². The molecule has 0 amide bonds. The smallest absolute Gasteiger partial charge is 0.127 e. The molecule has 0 saturated heterocycles. The number of hydrogen-bond donors (Lipinski definition) is 0. The van der Waals surface area contributed by atoms with Crippen molar-refractivity contribution < 1.29 is 9.47 Å². The summed E-state index contributed by atoms with van der Waals surface area (Å²) in [5, 5.41) is 4.73. The van der Waals surface area contributed by atoms with Gasteiger partial charge in [-0.05, 0) is 45.3 Å². The van der Waals surface area contributed by atoms with Crippen molar-refractivity contribution in [3.05, 3.63) is 72.8 Å². The predicted molar refractivity (Wildman–Crippen MR) is 100.0 cm³/mol. The largest absolute Gasteiger partial charge is 0.497 e. The third kappa shape index (κ3) is 2.28. The first kappa shape index (κ1) is 14.6. The number of methoxy groups -OCH3 is 2. The van der Waals surface area contributed by atoms with Gasteiger partial charge in [-0.15, -0.1) is 0 Å². The van der Waals surface area contributed by atoms with Crippen LogP contribution in [0.3, 0.4) is 0 Å². The van der Waals surface area contributed by atoms with Crippen molar-refractivity contribution in [2.45, 2.75) is 0 Å². The summed E-state index contributed by atoms with van der Waals surface area (Å²) >= 11 is 0. The lowest BCUT2D eigenvalue weighted by Gasteiger charge is -2.15. The molecule has 0 spiro atoms. The van der Waals surface area contributed by atoms with E-state index in [4.69, 9.17) is 9.47 Å². The lowest BCUT2D eigenvalue weighted by atomic mass is 9.93. The van der Waals surface area contributed by atoms with Crippen LogP contribution in [0.15, 0.2) is 72.8 Å². The fourth-order valence-electron chi connectivity index (χ4n) is 3.30. The van der Waals surface area contributed by atoms with Crippen LogP contribution in [0.2, 0.25) is 0 Å². The molecule has 0 aliphatic rings. The molecule has 0 N–H and O–H groups in total. The number of benzene rings is 4. The summed E-state index contributed by atoms with van der Waals surface area (Å²) in [4.78, 5) is 0. The van der Waals surface area contributed by atoms with E-state index in [1.165, 1.54) is 21.7 Å². The summed E-state index contributed by atoms with van der Waals surface area (Å²) < 4.78 is 11.1. The van der Waals surface area contributed by atoms with Gasteiger partial charge in [-0.2, -0.15) is 0 Å². The molecule has 0 aromatic heterocycles. The topological polar surface area (TPSA) is 18.5 Å². The van der Waals surface area contributed by atoms with Crippen LogP contribution in [-0.2, 0) is 0 Å². The van der Waals surface area contributed by atoms with Crippen LogP contribution < -0.4 is 9.47 Å². The first-order chi connectivity index (χ1) is 11.8. The normalized spacial score (nSPS) is 10.9. The molecule has 4 aromatic carbocycles. The van der Waals surface area contributed by atoms with Gasteiger partial charge in [0.2, 0.25) is 0 Å². The first-order valence-corrected chi connectivity index (χ1v) is 7.94. The molecule has 2 nitrogen and oxygen atoms in total. The Hall–Kier alpha value is -3.00. The average Bonchev–Trinajstić information content (AvgIpc) is 2.66. The van der Waals surface area contributed by atoms with E-state index < -0.39 is 0 Å². The number of hydrogen-bond acceptors (Lipinski definition) is 2. The summed E-state index contributed by atoms with van der Waals surface area (Å²) in [6.45, 7) is 0. The maximum Gasteiger partial charge on any atom is 0.127 e. The van der Waals surface area contributed by atoms with Gasteiger partial charge in [-0.3, -0.25) is 0 Å². The van der Waals surface area contributed by atoms with Gasteiger partial charge in [0.1, 0.15) is 11.5 Å². The van der Waals surface area contributed by atoms with Crippen LogP contribution in [0.1, 0.15) is 0 Å². The Morgan fingerprint density at radius 2 is 1.38 bits per heavy atom. The summed E-state index contributed by atoms with van der Waals surface area (Å²) in [7, 11) is 3.41. The average molecular weight is 314 g/mol. The molecule has 0 aliphatic carbocycles. The quantitative estimate of drug-likeness (QED) is 0.484. The zero-order chi connectivity index (χ0) is 16.5. The van der Waals surface area contributed by atoms with E-state index in [9.17, 15) is 0 Å². The molecule has 4 rings (SSSR count). The fraction of sp³-hybridized carbons (Fsp3) is 0.0909. The Morgan fingerprint density at radius 1 is 0.625 bits per heavy atom. The van der Waals surface area contributed by atoms with Gasteiger partial charge in [0.25, 0.3) is 0 Å². The maximum atomic E-state index is 5.69. The predicted octanol–water partition coefficient (Wildman–Crippen LogP) is 5.68. The van der Waals surface area contributed by atoms with Gasteiger partial charge in [0.15, 0.2) is 0 Å². The zero-order valence-electron chi connectivity index (χ0n) is 13.7. The summed E-state index contributed by atoms with van der Waals surface area (Å²) in [6.07, 6.45) is 0. The van der Waals surface area contributed by atoms with Crippen molar-refractivity contribution in [3.8, 4) is 22.6 Å². The maximum absolute atomic E-state index is 5.69. The highest BCUT2D eigenvalue weighted by Gasteiger charge is 2.14. The molecule has 0 fully saturated rings. The molecule has 0 bridgehead atoms. The minimum atomic E-state index is 0.845. The van der Waals surface area contributed by atoms with Crippen molar-refractivity contribution >= 4 is 21.5 Å². The Bertz CT molecular complexity index is 1020. The molecule has 118 valence electrons. The van der Waals surface area contributed by atoms with Crippen LogP contribution in [0.4, 0.5) is 0 Å². The highest BCUT2D eigenvalue weighted by Crippen LogP contribution is 2.41. The van der Waals surface area contributed by atoms with Crippen LogP contribution >= 0.6 is 0 Å². The summed E-state index contributed by atoms with van der Waals surface area (Å²) in [6, 6.07) is 25.1. The van der Waals surface area contributed by atoms with E-state index in [0.29, 0.717) is 0 Å². The Morgan fingerprint density at radius 3 is 2.21 bits per heavy atom. The Balaban J connectivity index is 2.14. The van der Waals surface area contributed by atoms with Gasteiger partial charge >= 0.3 is 0 Å². The molecule has 0 saturated carbocycles. The highest BCUT2D eigenvalue weighted by molar-refractivity contribution is 6.08. The van der Waals surface area contributed by atoms with Crippen LogP contribution in [0.5, 0.6) is 11.5 Å². The van der Waals surface area contributed by atoms with Crippen LogP contribution in [0.25, 0.3) is 32.7 Å². The molecule has 0 heterocycles. The van der Waals surface area contributed by atoms with Crippen molar-refractivity contribution in [2.75, 3.05) is 14.2 Å². The second kappa shape index (κ2) is 5.89. The standard InChI is InChI=1S/C22H18O2/c1-23-17-12-10-16-11-13-21(24-2)22(20(16)14-17)19-9-5-7-15-6-3-4-8-18(15)19/h3-14H,1-2H3. The lowest BCUT2D eigenvalue weighted by molar-refractivity contribution is 0.414. The molecular weight excluding hydrogens is 296 g/mol. The van der Waals surface area contributed by atoms with Gasteiger partial charge in [0.05, 0.1) is 14.2 Å². The zero-order valence-corrected chi connectivity index (χ0v) is 13.7. The minimum Gasteiger partial charge on any atom is -0.497 e. The highest BCUT2D eigenvalue weighted by atomic mass is 16.5. The van der Waals surface area contributed by atoms with Crippen molar-refractivity contribution in [1.29, 1.82) is 0 Å². The second-order valence-corrected chi connectivity index (χ2v) is 5.76. The number of fused-ring (bicyclic) bond motifs is 2. The molecule has 2 heteroatoms. The molecule has 0 atom stereocenters. The minimum absolute atomic E-state index is 0.845. The monoisotopic (exact) mass is 314 g/mol. The van der Waals surface area contributed by atoms with Crippen molar-refractivity contribution in [3.63, 3.8) is 0 Å². The molecule has 4 aromatic rings. The van der Waals surface area contributed by atoms with Crippen molar-refractivity contribution in [2.24, 2.45) is 0 Å². The summed E-state index contributed by atoms with van der Waals surface area (Å²) in [5.41, 5.74) is 2.27.